The molecule has 1 aliphatic carbocycles. The summed E-state index contributed by atoms with van der Waals surface area (Å²) in [5.74, 6) is -0.0545. The van der Waals surface area contributed by atoms with E-state index in [0.717, 1.165) is 28.0 Å². The lowest BCUT2D eigenvalue weighted by molar-refractivity contribution is -0.136. The molecule has 37 heavy (non-hydrogen) atoms. The summed E-state index contributed by atoms with van der Waals surface area (Å²) in [4.78, 5) is 26.6. The summed E-state index contributed by atoms with van der Waals surface area (Å²) < 4.78 is 17.2. The summed E-state index contributed by atoms with van der Waals surface area (Å²) >= 11 is 0. The van der Waals surface area contributed by atoms with Gasteiger partial charge in [0.1, 0.15) is 6.61 Å². The van der Waals surface area contributed by atoms with Crippen molar-refractivity contribution in [1.29, 1.82) is 0 Å². The first-order valence-electron chi connectivity index (χ1n) is 12.3. The molecule has 5 rings (SSSR count). The number of carbonyl (C=O) groups is 2. The lowest BCUT2D eigenvalue weighted by Crippen LogP contribution is -2.29. The number of esters is 1. The first-order valence-corrected chi connectivity index (χ1v) is 12.3. The molecule has 0 fully saturated rings. The molecule has 0 spiro atoms. The fourth-order valence-electron chi connectivity index (χ4n) is 5.10. The zero-order valence-corrected chi connectivity index (χ0v) is 21.4. The van der Waals surface area contributed by atoms with Crippen LogP contribution in [0.3, 0.4) is 0 Å². The highest BCUT2D eigenvalue weighted by atomic mass is 16.5. The van der Waals surface area contributed by atoms with Gasteiger partial charge in [-0.25, -0.2) is 4.79 Å². The van der Waals surface area contributed by atoms with Crippen molar-refractivity contribution in [3.63, 3.8) is 0 Å². The Bertz CT molecular complexity index is 1470. The highest BCUT2D eigenvalue weighted by molar-refractivity contribution is 6.23. The summed E-state index contributed by atoms with van der Waals surface area (Å²) in [6, 6.07) is 21.2. The molecule has 6 heteroatoms. The number of nitrogens with one attached hydrogen (secondary N) is 1. The van der Waals surface area contributed by atoms with Gasteiger partial charge in [-0.3, -0.25) is 4.79 Å². The van der Waals surface area contributed by atoms with Crippen molar-refractivity contribution in [3.05, 3.63) is 111 Å². The minimum absolute atomic E-state index is 0.102. The fraction of sp³-hybridized carbons (Fsp3) is 0.226. The van der Waals surface area contributed by atoms with E-state index in [1.54, 1.807) is 0 Å². The minimum atomic E-state index is -0.617. The number of fused-ring (bicyclic) bond motifs is 2. The van der Waals surface area contributed by atoms with Gasteiger partial charge in [-0.05, 0) is 44.0 Å². The molecule has 0 aromatic heterocycles. The van der Waals surface area contributed by atoms with Crippen molar-refractivity contribution >= 4 is 17.4 Å². The number of hydrogen-bond donors (Lipinski definition) is 1. The number of dihydropyridines is 1. The monoisotopic (exact) mass is 495 g/mol. The highest BCUT2D eigenvalue weighted by Gasteiger charge is 2.43. The van der Waals surface area contributed by atoms with Crippen molar-refractivity contribution in [2.24, 2.45) is 0 Å². The van der Waals surface area contributed by atoms with Gasteiger partial charge >= 0.3 is 5.97 Å². The number of hydrogen-bond acceptors (Lipinski definition) is 6. The van der Waals surface area contributed by atoms with Gasteiger partial charge in [-0.15, -0.1) is 0 Å². The van der Waals surface area contributed by atoms with Crippen LogP contribution >= 0.6 is 0 Å². The van der Waals surface area contributed by atoms with Crippen LogP contribution in [0.5, 0.6) is 11.5 Å². The van der Waals surface area contributed by atoms with E-state index in [0.29, 0.717) is 47.1 Å². The lowest BCUT2D eigenvalue weighted by atomic mass is 9.79. The molecule has 1 atom stereocenters. The average Bonchev–Trinajstić information content (AvgIpc) is 3.18. The van der Waals surface area contributed by atoms with Crippen molar-refractivity contribution in [1.82, 2.24) is 5.32 Å². The standard InChI is InChI=1S/C31H29NO5/c1-5-36-25-16-21(13-14-24(25)37-17-20-10-8-9-18(2)15-20)27-26(31(34)35-4)19(3)32-29-22-11-6-7-12-23(22)30(33)28(27)29/h6-16,27,32H,5,17H2,1-4H3/t27-/m0/s1. The van der Waals surface area contributed by atoms with E-state index < -0.39 is 11.9 Å². The SMILES string of the molecule is CCOc1cc([C@H]2C(C(=O)OC)=C(C)NC3=C2C(=O)c2ccccc23)ccc1OCc1cccc(C)c1. The van der Waals surface area contributed by atoms with Crippen LogP contribution in [0.1, 0.15) is 52.4 Å². The van der Waals surface area contributed by atoms with Gasteiger partial charge in [-0.1, -0.05) is 60.2 Å². The zero-order chi connectivity index (χ0) is 26.1. The van der Waals surface area contributed by atoms with Crippen LogP contribution in [-0.2, 0) is 16.1 Å². The zero-order valence-electron chi connectivity index (χ0n) is 21.4. The van der Waals surface area contributed by atoms with E-state index >= 15 is 0 Å². The summed E-state index contributed by atoms with van der Waals surface area (Å²) in [6.07, 6.45) is 0. The Hall–Kier alpha value is -4.32. The third-order valence-corrected chi connectivity index (χ3v) is 6.73. The predicted octanol–water partition coefficient (Wildman–Crippen LogP) is 5.71. The topological polar surface area (TPSA) is 73.9 Å². The third kappa shape index (κ3) is 4.40. The first-order chi connectivity index (χ1) is 17.9. The number of methoxy groups -OCH3 is 1. The van der Waals surface area contributed by atoms with Crippen LogP contribution in [0, 0.1) is 6.92 Å². The van der Waals surface area contributed by atoms with Crippen LogP contribution in [0.15, 0.2) is 83.6 Å². The van der Waals surface area contributed by atoms with Gasteiger partial charge in [0.15, 0.2) is 17.3 Å². The molecule has 6 nitrogen and oxygen atoms in total. The summed E-state index contributed by atoms with van der Waals surface area (Å²) in [5, 5.41) is 3.31. The molecular weight excluding hydrogens is 466 g/mol. The van der Waals surface area contributed by atoms with E-state index in [9.17, 15) is 9.59 Å². The number of ether oxygens (including phenoxy) is 3. The number of aryl methyl sites for hydroxylation is 1. The Kier molecular flexibility index (Phi) is 6.57. The van der Waals surface area contributed by atoms with E-state index in [4.69, 9.17) is 14.2 Å². The van der Waals surface area contributed by atoms with Gasteiger partial charge < -0.3 is 19.5 Å². The minimum Gasteiger partial charge on any atom is -0.490 e. The molecule has 1 heterocycles. The van der Waals surface area contributed by atoms with Crippen molar-refractivity contribution in [2.45, 2.75) is 33.3 Å². The van der Waals surface area contributed by atoms with Crippen LogP contribution in [-0.4, -0.2) is 25.5 Å². The lowest BCUT2D eigenvalue weighted by Gasteiger charge is -2.29. The number of benzene rings is 3. The molecule has 3 aromatic carbocycles. The fourth-order valence-corrected chi connectivity index (χ4v) is 5.10. The quantitative estimate of drug-likeness (QED) is 0.423. The summed E-state index contributed by atoms with van der Waals surface area (Å²) in [7, 11) is 1.35. The normalized spacial score (nSPS) is 16.2. The predicted molar refractivity (Wildman–Crippen MR) is 141 cm³/mol. The Morgan fingerprint density at radius 2 is 1.70 bits per heavy atom. The van der Waals surface area contributed by atoms with Crippen LogP contribution in [0.25, 0.3) is 5.70 Å². The van der Waals surface area contributed by atoms with Gasteiger partial charge in [0.05, 0.1) is 25.0 Å². The second-order valence-corrected chi connectivity index (χ2v) is 9.17. The summed E-state index contributed by atoms with van der Waals surface area (Å²) in [5.41, 5.74) is 6.73. The van der Waals surface area contributed by atoms with E-state index in [2.05, 4.69) is 11.4 Å². The molecule has 2 aliphatic rings. The molecule has 1 N–H and O–H groups in total. The second-order valence-electron chi connectivity index (χ2n) is 9.17. The smallest absolute Gasteiger partial charge is 0.336 e. The summed E-state index contributed by atoms with van der Waals surface area (Å²) in [6.45, 7) is 6.61. The maximum atomic E-state index is 13.6. The Balaban J connectivity index is 1.58. The average molecular weight is 496 g/mol. The molecule has 0 radical (unpaired) electrons. The molecule has 0 saturated heterocycles. The van der Waals surface area contributed by atoms with Gasteiger partial charge in [0.25, 0.3) is 0 Å². The van der Waals surface area contributed by atoms with Crippen molar-refractivity contribution in [2.75, 3.05) is 13.7 Å². The second kappa shape index (κ2) is 9.97. The first kappa shape index (κ1) is 24.4. The van der Waals surface area contributed by atoms with Crippen molar-refractivity contribution < 1.29 is 23.8 Å². The number of ketones is 1. The molecule has 0 saturated carbocycles. The van der Waals surface area contributed by atoms with Crippen molar-refractivity contribution in [3.8, 4) is 11.5 Å². The molecule has 0 unspecified atom stereocenters. The largest absolute Gasteiger partial charge is 0.490 e. The highest BCUT2D eigenvalue weighted by Crippen LogP contribution is 2.48. The van der Waals surface area contributed by atoms with Gasteiger partial charge in [0, 0.05) is 28.3 Å². The van der Waals surface area contributed by atoms with Crippen LogP contribution < -0.4 is 14.8 Å². The van der Waals surface area contributed by atoms with Gasteiger partial charge in [-0.2, -0.15) is 0 Å². The van der Waals surface area contributed by atoms with E-state index in [1.807, 2.05) is 81.4 Å². The third-order valence-electron chi connectivity index (χ3n) is 6.73. The molecular formula is C31H29NO5. The Labute approximate surface area is 216 Å². The number of rotatable bonds is 7. The van der Waals surface area contributed by atoms with E-state index in [-0.39, 0.29) is 5.78 Å². The van der Waals surface area contributed by atoms with Crippen LogP contribution in [0.4, 0.5) is 0 Å². The van der Waals surface area contributed by atoms with Crippen LogP contribution in [0.2, 0.25) is 0 Å². The van der Waals surface area contributed by atoms with E-state index in [1.165, 1.54) is 7.11 Å². The Morgan fingerprint density at radius 1 is 0.919 bits per heavy atom. The number of Topliss-reactive ketones (excluding diaryl/α,β-unsaturated/α-hetero) is 1. The maximum Gasteiger partial charge on any atom is 0.336 e. The maximum absolute atomic E-state index is 13.6. The number of allylic oxidation sites excluding steroid dienone is 2. The molecule has 3 aromatic rings. The Morgan fingerprint density at radius 3 is 2.43 bits per heavy atom. The molecule has 1 aliphatic heterocycles. The molecule has 0 amide bonds. The number of carbonyl (C=O) groups excluding carboxylic acids is 2. The van der Waals surface area contributed by atoms with Gasteiger partial charge in [0.2, 0.25) is 0 Å². The molecule has 0 bridgehead atoms. The molecule has 188 valence electrons.